The van der Waals surface area contributed by atoms with Crippen LogP contribution in [-0.4, -0.2) is 29.8 Å². The summed E-state index contributed by atoms with van der Waals surface area (Å²) in [5.41, 5.74) is 0. The minimum atomic E-state index is -4.30. The van der Waals surface area contributed by atoms with E-state index in [1.165, 1.54) is 18.2 Å². The number of hydrogen-bond donors (Lipinski definition) is 0. The SMILES string of the molecule is CC(OC/C=N/SC(C)(C)C)C(F)(F)F. The van der Waals surface area contributed by atoms with Gasteiger partial charge in [-0.3, -0.25) is 0 Å². The third-order valence-corrected chi connectivity index (χ3v) is 2.09. The maximum absolute atomic E-state index is 12.0. The average molecular weight is 243 g/mol. The lowest BCUT2D eigenvalue weighted by Crippen LogP contribution is -2.29. The molecule has 0 fully saturated rings. The Bertz CT molecular complexity index is 210. The van der Waals surface area contributed by atoms with Gasteiger partial charge in [-0.1, -0.05) is 0 Å². The predicted molar refractivity (Wildman–Crippen MR) is 57.3 cm³/mol. The Balaban J connectivity index is 3.72. The molecule has 0 bridgehead atoms. The Morgan fingerprint density at radius 1 is 1.33 bits per heavy atom. The zero-order chi connectivity index (χ0) is 12.1. The first-order valence-corrected chi connectivity index (χ1v) is 5.28. The maximum Gasteiger partial charge on any atom is 0.414 e. The molecule has 0 aliphatic heterocycles. The molecule has 0 aromatic rings. The average Bonchev–Trinajstić information content (AvgIpc) is 1.99. The molecule has 0 rings (SSSR count). The van der Waals surface area contributed by atoms with E-state index in [9.17, 15) is 13.2 Å². The highest BCUT2D eigenvalue weighted by Gasteiger charge is 2.36. The lowest BCUT2D eigenvalue weighted by molar-refractivity contribution is -0.209. The van der Waals surface area contributed by atoms with E-state index >= 15 is 0 Å². The number of hydrogen-bond acceptors (Lipinski definition) is 3. The molecule has 0 aromatic carbocycles. The lowest BCUT2D eigenvalue weighted by Gasteiger charge is -2.15. The molecule has 0 saturated heterocycles. The number of ether oxygens (including phenoxy) is 1. The third kappa shape index (κ3) is 8.74. The van der Waals surface area contributed by atoms with E-state index in [4.69, 9.17) is 0 Å². The van der Waals surface area contributed by atoms with Crippen molar-refractivity contribution in [3.05, 3.63) is 0 Å². The highest BCUT2D eigenvalue weighted by molar-refractivity contribution is 7.99. The Hall–Kier alpha value is -0.230. The van der Waals surface area contributed by atoms with Crippen LogP contribution in [0.2, 0.25) is 0 Å². The first-order valence-electron chi connectivity index (χ1n) is 4.51. The van der Waals surface area contributed by atoms with E-state index in [1.807, 2.05) is 20.8 Å². The van der Waals surface area contributed by atoms with Gasteiger partial charge in [-0.15, -0.1) is 0 Å². The molecule has 15 heavy (non-hydrogen) atoms. The van der Waals surface area contributed by atoms with Gasteiger partial charge >= 0.3 is 6.18 Å². The van der Waals surface area contributed by atoms with Gasteiger partial charge in [-0.25, -0.2) is 4.40 Å². The number of halogens is 3. The van der Waals surface area contributed by atoms with Gasteiger partial charge in [0.15, 0.2) is 6.10 Å². The van der Waals surface area contributed by atoms with Gasteiger partial charge in [-0.2, -0.15) is 13.2 Å². The summed E-state index contributed by atoms with van der Waals surface area (Å²) in [6, 6.07) is 0. The van der Waals surface area contributed by atoms with Crippen molar-refractivity contribution in [2.45, 2.75) is 44.7 Å². The second kappa shape index (κ2) is 5.75. The van der Waals surface area contributed by atoms with Crippen LogP contribution in [-0.2, 0) is 4.74 Å². The quantitative estimate of drug-likeness (QED) is 0.557. The van der Waals surface area contributed by atoms with Crippen LogP contribution in [0.15, 0.2) is 4.40 Å². The normalized spacial score (nSPS) is 15.9. The number of rotatable bonds is 4. The van der Waals surface area contributed by atoms with E-state index in [-0.39, 0.29) is 11.4 Å². The lowest BCUT2D eigenvalue weighted by atomic mass is 10.3. The Labute approximate surface area is 92.4 Å². The van der Waals surface area contributed by atoms with E-state index in [2.05, 4.69) is 9.13 Å². The zero-order valence-corrected chi connectivity index (χ0v) is 10.1. The standard InChI is InChI=1S/C9H16F3NOS/c1-7(9(10,11)12)14-6-5-13-15-8(2,3)4/h5,7H,6H2,1-4H3/b13-5+. The molecule has 0 aromatic heterocycles. The Morgan fingerprint density at radius 2 is 1.87 bits per heavy atom. The van der Waals surface area contributed by atoms with Crippen molar-refractivity contribution in [1.29, 1.82) is 0 Å². The molecule has 0 aliphatic carbocycles. The maximum atomic E-state index is 12.0. The molecular weight excluding hydrogens is 227 g/mol. The molecule has 0 heterocycles. The number of alkyl halides is 3. The first kappa shape index (κ1) is 14.8. The molecule has 0 aliphatic rings. The van der Waals surface area contributed by atoms with Gasteiger partial charge in [-0.05, 0) is 39.6 Å². The second-order valence-electron chi connectivity index (χ2n) is 4.01. The summed E-state index contributed by atoms with van der Waals surface area (Å²) < 4.78 is 44.3. The van der Waals surface area contributed by atoms with Crippen LogP contribution in [0.1, 0.15) is 27.7 Å². The van der Waals surface area contributed by atoms with Crippen molar-refractivity contribution in [3.8, 4) is 0 Å². The van der Waals surface area contributed by atoms with Gasteiger partial charge < -0.3 is 4.74 Å². The van der Waals surface area contributed by atoms with Crippen LogP contribution in [0.5, 0.6) is 0 Å². The monoisotopic (exact) mass is 243 g/mol. The molecule has 0 spiro atoms. The predicted octanol–water partition coefficient (Wildman–Crippen LogP) is 3.47. The van der Waals surface area contributed by atoms with Crippen LogP contribution < -0.4 is 0 Å². The van der Waals surface area contributed by atoms with E-state index < -0.39 is 12.3 Å². The molecule has 0 saturated carbocycles. The minimum Gasteiger partial charge on any atom is -0.363 e. The van der Waals surface area contributed by atoms with Crippen LogP contribution in [0.3, 0.4) is 0 Å². The molecule has 0 radical (unpaired) electrons. The molecule has 0 N–H and O–H groups in total. The largest absolute Gasteiger partial charge is 0.414 e. The molecule has 1 unspecified atom stereocenters. The minimum absolute atomic E-state index is 0.0356. The van der Waals surface area contributed by atoms with Crippen molar-refractivity contribution >= 4 is 18.2 Å². The molecule has 0 amide bonds. The summed E-state index contributed by atoms with van der Waals surface area (Å²) in [4.78, 5) is 0. The summed E-state index contributed by atoms with van der Waals surface area (Å²) in [5.74, 6) is 0. The number of nitrogens with zero attached hydrogens (tertiary/aromatic N) is 1. The van der Waals surface area contributed by atoms with Crippen LogP contribution in [0.4, 0.5) is 13.2 Å². The van der Waals surface area contributed by atoms with Gasteiger partial charge in [0.2, 0.25) is 0 Å². The topological polar surface area (TPSA) is 21.6 Å². The van der Waals surface area contributed by atoms with Crippen molar-refractivity contribution < 1.29 is 17.9 Å². The van der Waals surface area contributed by atoms with Crippen molar-refractivity contribution in [2.24, 2.45) is 4.40 Å². The summed E-state index contributed by atoms with van der Waals surface area (Å²) in [6.45, 7) is 6.76. The van der Waals surface area contributed by atoms with Crippen LogP contribution >= 0.6 is 11.9 Å². The van der Waals surface area contributed by atoms with Gasteiger partial charge in [0.25, 0.3) is 0 Å². The van der Waals surface area contributed by atoms with E-state index in [0.717, 1.165) is 6.92 Å². The molecular formula is C9H16F3NOS. The van der Waals surface area contributed by atoms with Crippen molar-refractivity contribution in [3.63, 3.8) is 0 Å². The van der Waals surface area contributed by atoms with E-state index in [1.54, 1.807) is 0 Å². The summed E-state index contributed by atoms with van der Waals surface area (Å²) in [5, 5.41) is 0. The van der Waals surface area contributed by atoms with E-state index in [0.29, 0.717) is 0 Å². The van der Waals surface area contributed by atoms with Crippen LogP contribution in [0, 0.1) is 0 Å². The summed E-state index contributed by atoms with van der Waals surface area (Å²) >= 11 is 1.30. The fourth-order valence-corrected chi connectivity index (χ4v) is 0.959. The molecule has 90 valence electrons. The fourth-order valence-electron chi connectivity index (χ4n) is 0.508. The summed E-state index contributed by atoms with van der Waals surface area (Å²) in [7, 11) is 0. The third-order valence-electron chi connectivity index (χ3n) is 1.28. The van der Waals surface area contributed by atoms with Crippen LogP contribution in [0.25, 0.3) is 0 Å². The summed E-state index contributed by atoms with van der Waals surface area (Å²) in [6.07, 6.45) is -4.70. The van der Waals surface area contributed by atoms with Crippen molar-refractivity contribution in [2.75, 3.05) is 6.61 Å². The highest BCUT2D eigenvalue weighted by Crippen LogP contribution is 2.24. The zero-order valence-electron chi connectivity index (χ0n) is 9.26. The second-order valence-corrected chi connectivity index (χ2v) is 5.63. The smallest absolute Gasteiger partial charge is 0.363 e. The van der Waals surface area contributed by atoms with Crippen molar-refractivity contribution in [1.82, 2.24) is 0 Å². The Morgan fingerprint density at radius 3 is 2.27 bits per heavy atom. The molecule has 1 atom stereocenters. The van der Waals surface area contributed by atoms with Gasteiger partial charge in [0, 0.05) is 11.0 Å². The highest BCUT2D eigenvalue weighted by atomic mass is 32.2. The first-order chi connectivity index (χ1) is 6.63. The molecule has 2 nitrogen and oxygen atoms in total. The Kier molecular flexibility index (Phi) is 5.66. The fraction of sp³-hybridized carbons (Fsp3) is 0.889. The van der Waals surface area contributed by atoms with Gasteiger partial charge in [0.05, 0.1) is 6.61 Å². The molecule has 6 heteroatoms. The van der Waals surface area contributed by atoms with Gasteiger partial charge in [0.1, 0.15) is 0 Å².